The van der Waals surface area contributed by atoms with Gasteiger partial charge in [0.1, 0.15) is 0 Å². The highest BCUT2D eigenvalue weighted by Gasteiger charge is 2.37. The van der Waals surface area contributed by atoms with Crippen LogP contribution in [-0.4, -0.2) is 11.3 Å². The lowest BCUT2D eigenvalue weighted by Crippen LogP contribution is -2.36. The Morgan fingerprint density at radius 3 is 2.50 bits per heavy atom. The number of thioether (sulfide) groups is 1. The van der Waals surface area contributed by atoms with Crippen molar-refractivity contribution in [3.63, 3.8) is 0 Å². The van der Waals surface area contributed by atoms with Crippen molar-refractivity contribution >= 4 is 35.0 Å². The lowest BCUT2D eigenvalue weighted by atomic mass is 9.91. The van der Waals surface area contributed by atoms with Gasteiger partial charge in [-0.3, -0.25) is 0 Å². The average Bonchev–Trinajstić information content (AvgIpc) is 3.14. The number of benzene rings is 1. The van der Waals surface area contributed by atoms with Gasteiger partial charge in [0.2, 0.25) is 0 Å². The van der Waals surface area contributed by atoms with Gasteiger partial charge in [-0.2, -0.15) is 0 Å². The molecule has 1 aromatic carbocycles. The Labute approximate surface area is 123 Å². The third-order valence-corrected chi connectivity index (χ3v) is 6.20. The average molecular weight is 302 g/mol. The molecule has 1 aliphatic heterocycles. The molecule has 2 aliphatic rings. The SMILES string of the molecule is CC1Sc2c(Cl)ccc(Cl)c2C(NC2CC2)C1C. The molecule has 98 valence electrons. The molecular weight excluding hydrogens is 285 g/mol. The molecule has 0 amide bonds. The Kier molecular flexibility index (Phi) is 3.57. The van der Waals surface area contributed by atoms with Crippen LogP contribution in [0.15, 0.2) is 17.0 Å². The zero-order chi connectivity index (χ0) is 12.9. The van der Waals surface area contributed by atoms with E-state index in [0.717, 1.165) is 10.0 Å². The highest BCUT2D eigenvalue weighted by Crippen LogP contribution is 2.50. The minimum Gasteiger partial charge on any atom is -0.307 e. The molecule has 4 heteroatoms. The lowest BCUT2D eigenvalue weighted by molar-refractivity contribution is 0.370. The molecule has 1 heterocycles. The first kappa shape index (κ1) is 13.1. The van der Waals surface area contributed by atoms with Crippen molar-refractivity contribution in [2.24, 2.45) is 5.92 Å². The standard InChI is InChI=1S/C14H17Cl2NS/c1-7-8(2)18-14-11(16)6-5-10(15)12(14)13(7)17-9-3-4-9/h5-9,13,17H,3-4H2,1-2H3. The summed E-state index contributed by atoms with van der Waals surface area (Å²) in [4.78, 5) is 1.17. The van der Waals surface area contributed by atoms with Gasteiger partial charge >= 0.3 is 0 Å². The molecule has 1 aromatic rings. The lowest BCUT2D eigenvalue weighted by Gasteiger charge is -2.37. The van der Waals surface area contributed by atoms with Crippen LogP contribution in [0.25, 0.3) is 0 Å². The normalized spacial score (nSPS) is 31.2. The van der Waals surface area contributed by atoms with Crippen LogP contribution in [0.2, 0.25) is 10.0 Å². The summed E-state index contributed by atoms with van der Waals surface area (Å²) in [6.07, 6.45) is 2.58. The molecule has 18 heavy (non-hydrogen) atoms. The second-order valence-electron chi connectivity index (χ2n) is 5.37. The van der Waals surface area contributed by atoms with Crippen LogP contribution in [0.4, 0.5) is 0 Å². The summed E-state index contributed by atoms with van der Waals surface area (Å²) in [7, 11) is 0. The zero-order valence-corrected chi connectivity index (χ0v) is 12.9. The Morgan fingerprint density at radius 2 is 1.83 bits per heavy atom. The fourth-order valence-corrected chi connectivity index (χ4v) is 4.44. The Hall–Kier alpha value is 0.110. The van der Waals surface area contributed by atoms with Crippen LogP contribution in [0.3, 0.4) is 0 Å². The first-order chi connectivity index (χ1) is 8.58. The fourth-order valence-electron chi connectivity index (χ4n) is 2.52. The number of hydrogen-bond acceptors (Lipinski definition) is 2. The summed E-state index contributed by atoms with van der Waals surface area (Å²) >= 11 is 14.6. The van der Waals surface area contributed by atoms with Crippen molar-refractivity contribution in [1.29, 1.82) is 0 Å². The molecule has 3 unspecified atom stereocenters. The van der Waals surface area contributed by atoms with Gasteiger partial charge in [0.05, 0.1) is 5.02 Å². The monoisotopic (exact) mass is 301 g/mol. The quantitative estimate of drug-likeness (QED) is 0.832. The Balaban J connectivity index is 2.05. The van der Waals surface area contributed by atoms with E-state index in [0.29, 0.717) is 23.3 Å². The summed E-state index contributed by atoms with van der Waals surface area (Å²) in [6.45, 7) is 4.58. The predicted molar refractivity (Wildman–Crippen MR) is 79.8 cm³/mol. The number of halogens is 2. The molecule has 1 aliphatic carbocycles. The number of rotatable bonds is 2. The van der Waals surface area contributed by atoms with Gasteiger partial charge in [-0.1, -0.05) is 37.0 Å². The topological polar surface area (TPSA) is 12.0 Å². The van der Waals surface area contributed by atoms with E-state index in [2.05, 4.69) is 19.2 Å². The summed E-state index contributed by atoms with van der Waals surface area (Å²) in [5.41, 5.74) is 1.21. The first-order valence-corrected chi connectivity index (χ1v) is 8.12. The molecule has 0 radical (unpaired) electrons. The molecule has 0 bridgehead atoms. The summed E-state index contributed by atoms with van der Waals surface area (Å²) < 4.78 is 0. The van der Waals surface area contributed by atoms with Crippen LogP contribution in [0.5, 0.6) is 0 Å². The Morgan fingerprint density at radius 1 is 1.17 bits per heavy atom. The van der Waals surface area contributed by atoms with Crippen molar-refractivity contribution in [3.8, 4) is 0 Å². The van der Waals surface area contributed by atoms with Crippen LogP contribution in [0.1, 0.15) is 38.3 Å². The van der Waals surface area contributed by atoms with Crippen molar-refractivity contribution in [2.75, 3.05) is 0 Å². The second-order valence-corrected chi connectivity index (χ2v) is 7.57. The van der Waals surface area contributed by atoms with Gasteiger partial charge in [-0.15, -0.1) is 11.8 Å². The van der Waals surface area contributed by atoms with E-state index in [4.69, 9.17) is 23.2 Å². The molecule has 0 aromatic heterocycles. The van der Waals surface area contributed by atoms with Crippen LogP contribution < -0.4 is 5.32 Å². The molecule has 3 rings (SSSR count). The van der Waals surface area contributed by atoms with E-state index in [1.165, 1.54) is 23.3 Å². The van der Waals surface area contributed by atoms with Crippen LogP contribution in [0, 0.1) is 5.92 Å². The summed E-state index contributed by atoms with van der Waals surface area (Å²) in [6, 6.07) is 4.85. The molecule has 0 saturated heterocycles. The fraction of sp³-hybridized carbons (Fsp3) is 0.571. The number of nitrogens with one attached hydrogen (secondary N) is 1. The third kappa shape index (κ3) is 2.29. The molecule has 0 spiro atoms. The van der Waals surface area contributed by atoms with Gasteiger partial charge < -0.3 is 5.32 Å². The van der Waals surface area contributed by atoms with E-state index in [9.17, 15) is 0 Å². The minimum absolute atomic E-state index is 0.343. The maximum atomic E-state index is 6.41. The molecule has 1 fully saturated rings. The maximum Gasteiger partial charge on any atom is 0.0546 e. The molecule has 1 nitrogen and oxygen atoms in total. The first-order valence-electron chi connectivity index (χ1n) is 6.48. The predicted octanol–water partition coefficient (Wildman–Crippen LogP) is 4.92. The van der Waals surface area contributed by atoms with Crippen molar-refractivity contribution in [2.45, 2.75) is 48.9 Å². The van der Waals surface area contributed by atoms with E-state index >= 15 is 0 Å². The summed E-state index contributed by atoms with van der Waals surface area (Å²) in [5, 5.41) is 5.98. The largest absolute Gasteiger partial charge is 0.307 e. The molecule has 1 saturated carbocycles. The van der Waals surface area contributed by atoms with Crippen molar-refractivity contribution < 1.29 is 0 Å². The second kappa shape index (κ2) is 4.90. The number of hydrogen-bond donors (Lipinski definition) is 1. The van der Waals surface area contributed by atoms with Crippen molar-refractivity contribution in [3.05, 3.63) is 27.7 Å². The van der Waals surface area contributed by atoms with Gasteiger partial charge in [-0.05, 0) is 30.9 Å². The van der Waals surface area contributed by atoms with E-state index in [-0.39, 0.29) is 0 Å². The minimum atomic E-state index is 0.343. The van der Waals surface area contributed by atoms with Crippen LogP contribution >= 0.6 is 35.0 Å². The van der Waals surface area contributed by atoms with Crippen molar-refractivity contribution in [1.82, 2.24) is 5.32 Å². The molecular formula is C14H17Cl2NS. The third-order valence-electron chi connectivity index (χ3n) is 3.97. The summed E-state index contributed by atoms with van der Waals surface area (Å²) in [5.74, 6) is 0.569. The van der Waals surface area contributed by atoms with E-state index in [1.54, 1.807) is 0 Å². The molecule has 1 N–H and O–H groups in total. The Bertz CT molecular complexity index is 473. The maximum absolute atomic E-state index is 6.41. The number of fused-ring (bicyclic) bond motifs is 1. The van der Waals surface area contributed by atoms with Crippen LogP contribution in [-0.2, 0) is 0 Å². The van der Waals surface area contributed by atoms with E-state index in [1.807, 2.05) is 23.9 Å². The highest BCUT2D eigenvalue weighted by atomic mass is 35.5. The van der Waals surface area contributed by atoms with E-state index < -0.39 is 0 Å². The van der Waals surface area contributed by atoms with Gasteiger partial charge in [-0.25, -0.2) is 0 Å². The van der Waals surface area contributed by atoms with Gasteiger partial charge in [0, 0.05) is 32.8 Å². The van der Waals surface area contributed by atoms with Gasteiger partial charge in [0.25, 0.3) is 0 Å². The highest BCUT2D eigenvalue weighted by molar-refractivity contribution is 8.00. The zero-order valence-electron chi connectivity index (χ0n) is 10.5. The van der Waals surface area contributed by atoms with Gasteiger partial charge in [0.15, 0.2) is 0 Å². The smallest absolute Gasteiger partial charge is 0.0546 e. The molecule has 3 atom stereocenters.